The van der Waals surface area contributed by atoms with Crippen LogP contribution in [0.15, 0.2) is 42.7 Å². The highest BCUT2D eigenvalue weighted by Crippen LogP contribution is 2.18. The van der Waals surface area contributed by atoms with E-state index < -0.39 is 6.09 Å². The summed E-state index contributed by atoms with van der Waals surface area (Å²) in [4.78, 5) is 22.0. The molecule has 2 N–H and O–H groups in total. The number of carbonyl (C=O) groups excluding carboxylic acids is 1. The summed E-state index contributed by atoms with van der Waals surface area (Å²) in [5, 5.41) is 5.80. The molecule has 2 heterocycles. The molecule has 1 saturated heterocycles. The molecule has 2 aromatic rings. The minimum absolute atomic E-state index is 0. The molecule has 1 unspecified atom stereocenters. The zero-order valence-corrected chi connectivity index (χ0v) is 15.9. The van der Waals surface area contributed by atoms with Gasteiger partial charge in [-0.05, 0) is 30.2 Å². The highest BCUT2D eigenvalue weighted by molar-refractivity contribution is 5.85. The molecule has 0 spiro atoms. The van der Waals surface area contributed by atoms with Crippen molar-refractivity contribution in [3.05, 3.63) is 48.3 Å². The second-order valence-electron chi connectivity index (χ2n) is 5.89. The van der Waals surface area contributed by atoms with E-state index in [2.05, 4.69) is 25.5 Å². The van der Waals surface area contributed by atoms with Crippen molar-refractivity contribution in [2.24, 2.45) is 0 Å². The van der Waals surface area contributed by atoms with Gasteiger partial charge in [0.1, 0.15) is 5.75 Å². The number of hydrogen-bond donors (Lipinski definition) is 2. The molecule has 0 radical (unpaired) electrons. The average molecular weight is 394 g/mol. The van der Waals surface area contributed by atoms with Gasteiger partial charge in [0, 0.05) is 45.1 Å². The SMILES string of the molecule is CNC(=O)OCOc1ccc(CC2CNCCN2c2ncccn2)cc1.Cl. The monoisotopic (exact) mass is 393 g/mol. The summed E-state index contributed by atoms with van der Waals surface area (Å²) in [6.45, 7) is 2.57. The van der Waals surface area contributed by atoms with Gasteiger partial charge in [-0.15, -0.1) is 12.4 Å². The van der Waals surface area contributed by atoms with Crippen LogP contribution in [-0.2, 0) is 11.2 Å². The standard InChI is InChI=1S/C18H23N5O3.ClH/c1-19-18(24)26-13-25-16-5-3-14(4-6-16)11-15-12-20-9-10-23(15)17-21-7-2-8-22-17;/h2-8,15,20H,9-13H2,1H3,(H,19,24);1H. The molecule has 0 bridgehead atoms. The van der Waals surface area contributed by atoms with Gasteiger partial charge in [0.2, 0.25) is 12.7 Å². The molecule has 0 aliphatic carbocycles. The number of nitrogens with one attached hydrogen (secondary N) is 2. The van der Waals surface area contributed by atoms with Crippen LogP contribution in [0.1, 0.15) is 5.56 Å². The minimum atomic E-state index is -0.519. The third kappa shape index (κ3) is 5.97. The van der Waals surface area contributed by atoms with Crippen molar-refractivity contribution in [2.45, 2.75) is 12.5 Å². The van der Waals surface area contributed by atoms with Crippen LogP contribution in [0.3, 0.4) is 0 Å². The lowest BCUT2D eigenvalue weighted by molar-refractivity contribution is 0.0608. The maximum absolute atomic E-state index is 11.0. The summed E-state index contributed by atoms with van der Waals surface area (Å²) < 4.78 is 10.2. The molecule has 8 nitrogen and oxygen atoms in total. The first-order chi connectivity index (χ1) is 12.8. The van der Waals surface area contributed by atoms with Gasteiger partial charge in [0.15, 0.2) is 0 Å². The van der Waals surface area contributed by atoms with Crippen LogP contribution in [0.4, 0.5) is 10.7 Å². The summed E-state index contributed by atoms with van der Waals surface area (Å²) in [5.41, 5.74) is 1.19. The summed E-state index contributed by atoms with van der Waals surface area (Å²) >= 11 is 0. The number of carbonyl (C=O) groups is 1. The molecule has 0 saturated carbocycles. The molecule has 1 aromatic carbocycles. The summed E-state index contributed by atoms with van der Waals surface area (Å²) in [5.74, 6) is 1.42. The molecule has 1 amide bonds. The molecule has 9 heteroatoms. The Morgan fingerprint density at radius 3 is 2.74 bits per heavy atom. The third-order valence-corrected chi connectivity index (χ3v) is 4.17. The second-order valence-corrected chi connectivity index (χ2v) is 5.89. The van der Waals surface area contributed by atoms with Crippen molar-refractivity contribution in [2.75, 3.05) is 38.4 Å². The minimum Gasteiger partial charge on any atom is -0.457 e. The molecule has 3 rings (SSSR count). The number of rotatable bonds is 6. The number of alkyl carbamates (subject to hydrolysis) is 1. The second kappa shape index (κ2) is 10.5. The van der Waals surface area contributed by atoms with E-state index in [4.69, 9.17) is 9.47 Å². The number of halogens is 1. The number of aromatic nitrogens is 2. The van der Waals surface area contributed by atoms with Crippen molar-refractivity contribution in [1.82, 2.24) is 20.6 Å². The van der Waals surface area contributed by atoms with E-state index in [-0.39, 0.29) is 25.2 Å². The van der Waals surface area contributed by atoms with Gasteiger partial charge in [-0.25, -0.2) is 14.8 Å². The Bertz CT molecular complexity index is 702. The fraction of sp³-hybridized carbons (Fsp3) is 0.389. The van der Waals surface area contributed by atoms with E-state index in [0.29, 0.717) is 5.75 Å². The Labute approximate surface area is 164 Å². The Morgan fingerprint density at radius 1 is 1.30 bits per heavy atom. The quantitative estimate of drug-likeness (QED) is 0.721. The van der Waals surface area contributed by atoms with E-state index in [1.807, 2.05) is 30.3 Å². The smallest absolute Gasteiger partial charge is 0.409 e. The van der Waals surface area contributed by atoms with E-state index in [1.54, 1.807) is 12.4 Å². The number of benzene rings is 1. The van der Waals surface area contributed by atoms with Crippen LogP contribution in [-0.4, -0.2) is 55.6 Å². The Kier molecular flexibility index (Phi) is 8.09. The van der Waals surface area contributed by atoms with E-state index >= 15 is 0 Å². The topological polar surface area (TPSA) is 88.6 Å². The molecule has 1 aliphatic rings. The number of nitrogens with zero attached hydrogens (tertiary/aromatic N) is 3. The van der Waals surface area contributed by atoms with E-state index in [0.717, 1.165) is 32.0 Å². The van der Waals surface area contributed by atoms with Gasteiger partial charge in [-0.1, -0.05) is 12.1 Å². The van der Waals surface area contributed by atoms with Crippen LogP contribution < -0.4 is 20.3 Å². The largest absolute Gasteiger partial charge is 0.457 e. The fourth-order valence-corrected chi connectivity index (χ4v) is 2.86. The maximum Gasteiger partial charge on any atom is 0.409 e. The first-order valence-corrected chi connectivity index (χ1v) is 8.57. The molecule has 27 heavy (non-hydrogen) atoms. The summed E-state index contributed by atoms with van der Waals surface area (Å²) in [7, 11) is 1.50. The van der Waals surface area contributed by atoms with Crippen molar-refractivity contribution in [1.29, 1.82) is 0 Å². The number of piperazine rings is 1. The van der Waals surface area contributed by atoms with Gasteiger partial charge in [0.25, 0.3) is 0 Å². The number of anilines is 1. The predicted octanol–water partition coefficient (Wildman–Crippen LogP) is 1.61. The number of hydrogen-bond acceptors (Lipinski definition) is 7. The molecular weight excluding hydrogens is 370 g/mol. The zero-order valence-electron chi connectivity index (χ0n) is 15.1. The van der Waals surface area contributed by atoms with Gasteiger partial charge < -0.3 is 25.0 Å². The lowest BCUT2D eigenvalue weighted by Gasteiger charge is -2.36. The van der Waals surface area contributed by atoms with Crippen LogP contribution in [0.25, 0.3) is 0 Å². The van der Waals surface area contributed by atoms with Crippen LogP contribution in [0, 0.1) is 0 Å². The zero-order chi connectivity index (χ0) is 18.2. The summed E-state index contributed by atoms with van der Waals surface area (Å²) in [6, 6.07) is 9.91. The van der Waals surface area contributed by atoms with Crippen molar-refractivity contribution in [3.63, 3.8) is 0 Å². The molecule has 1 fully saturated rings. The molecule has 146 valence electrons. The molecule has 1 aromatic heterocycles. The first kappa shape index (κ1) is 20.7. The van der Waals surface area contributed by atoms with Crippen LogP contribution in [0.5, 0.6) is 5.75 Å². The van der Waals surface area contributed by atoms with E-state index in [1.165, 1.54) is 12.6 Å². The Hall–Kier alpha value is -2.58. The fourth-order valence-electron chi connectivity index (χ4n) is 2.86. The van der Waals surface area contributed by atoms with Crippen molar-refractivity contribution < 1.29 is 14.3 Å². The molecule has 1 atom stereocenters. The average Bonchev–Trinajstić information content (AvgIpc) is 2.70. The van der Waals surface area contributed by atoms with Crippen molar-refractivity contribution >= 4 is 24.4 Å². The highest BCUT2D eigenvalue weighted by atomic mass is 35.5. The number of ether oxygens (including phenoxy) is 2. The Morgan fingerprint density at radius 2 is 2.04 bits per heavy atom. The van der Waals surface area contributed by atoms with Gasteiger partial charge in [-0.3, -0.25) is 0 Å². The summed E-state index contributed by atoms with van der Waals surface area (Å²) in [6.07, 6.45) is 3.90. The van der Waals surface area contributed by atoms with Crippen molar-refractivity contribution in [3.8, 4) is 5.75 Å². The first-order valence-electron chi connectivity index (χ1n) is 8.57. The maximum atomic E-state index is 11.0. The number of amides is 1. The Balaban J connectivity index is 0.00000261. The normalized spacial score (nSPS) is 16.2. The van der Waals surface area contributed by atoms with Gasteiger partial charge in [0.05, 0.1) is 0 Å². The molecular formula is C18H24ClN5O3. The van der Waals surface area contributed by atoms with E-state index in [9.17, 15) is 4.79 Å². The lowest BCUT2D eigenvalue weighted by atomic mass is 10.0. The van der Waals surface area contributed by atoms with Crippen LogP contribution in [0.2, 0.25) is 0 Å². The highest BCUT2D eigenvalue weighted by Gasteiger charge is 2.24. The predicted molar refractivity (Wildman–Crippen MR) is 104 cm³/mol. The third-order valence-electron chi connectivity index (χ3n) is 4.17. The van der Waals surface area contributed by atoms with Gasteiger partial charge in [-0.2, -0.15) is 0 Å². The lowest BCUT2D eigenvalue weighted by Crippen LogP contribution is -2.53. The van der Waals surface area contributed by atoms with Crippen LogP contribution >= 0.6 is 12.4 Å². The van der Waals surface area contributed by atoms with Gasteiger partial charge >= 0.3 is 6.09 Å². The molecule has 1 aliphatic heterocycles.